The second-order valence-corrected chi connectivity index (χ2v) is 4.20. The summed E-state index contributed by atoms with van der Waals surface area (Å²) in [7, 11) is 0. The number of carbonyl (C=O) groups excluding carboxylic acids is 1. The van der Waals surface area contributed by atoms with Crippen molar-refractivity contribution in [2.45, 2.75) is 0 Å². The summed E-state index contributed by atoms with van der Waals surface area (Å²) in [6.45, 7) is 0. The molecule has 0 saturated carbocycles. The van der Waals surface area contributed by atoms with Gasteiger partial charge in [-0.3, -0.25) is 4.79 Å². The van der Waals surface area contributed by atoms with Gasteiger partial charge in [-0.25, -0.2) is 4.79 Å². The van der Waals surface area contributed by atoms with E-state index >= 15 is 0 Å². The molecule has 0 amide bonds. The van der Waals surface area contributed by atoms with Crippen LogP contribution in [0.1, 0.15) is 5.56 Å². The SMILES string of the molecule is O=C(O)C(=Cc1ccc(Cl)cc1Cl)C(=O)CCl. The number of benzene rings is 1. The van der Waals surface area contributed by atoms with Gasteiger partial charge in [0.05, 0.1) is 5.88 Å². The molecule has 3 nitrogen and oxygen atoms in total. The van der Waals surface area contributed by atoms with Crippen LogP contribution in [-0.4, -0.2) is 22.7 Å². The average molecular weight is 294 g/mol. The molecule has 0 aliphatic heterocycles. The van der Waals surface area contributed by atoms with E-state index < -0.39 is 23.2 Å². The zero-order chi connectivity index (χ0) is 13.0. The first-order valence-electron chi connectivity index (χ1n) is 4.45. The van der Waals surface area contributed by atoms with Gasteiger partial charge < -0.3 is 5.11 Å². The Morgan fingerprint density at radius 3 is 2.41 bits per heavy atom. The Morgan fingerprint density at radius 2 is 1.94 bits per heavy atom. The third-order valence-electron chi connectivity index (χ3n) is 1.91. The smallest absolute Gasteiger partial charge is 0.339 e. The lowest BCUT2D eigenvalue weighted by molar-refractivity contribution is -0.134. The second kappa shape index (κ2) is 6.05. The Morgan fingerprint density at radius 1 is 1.29 bits per heavy atom. The molecule has 1 N–H and O–H groups in total. The standard InChI is InChI=1S/C11H7Cl3O3/c12-5-10(15)8(11(16)17)3-6-1-2-7(13)4-9(6)14/h1-4H,5H2,(H,16,17). The van der Waals surface area contributed by atoms with Crippen LogP contribution in [0, 0.1) is 0 Å². The van der Waals surface area contributed by atoms with Crippen molar-refractivity contribution in [3.8, 4) is 0 Å². The number of carboxylic acids is 1. The summed E-state index contributed by atoms with van der Waals surface area (Å²) in [6, 6.07) is 4.53. The van der Waals surface area contributed by atoms with Crippen LogP contribution in [0.4, 0.5) is 0 Å². The number of alkyl halides is 1. The van der Waals surface area contributed by atoms with E-state index in [0.717, 1.165) is 0 Å². The highest BCUT2D eigenvalue weighted by molar-refractivity contribution is 6.37. The third kappa shape index (κ3) is 3.73. The number of hydrogen-bond acceptors (Lipinski definition) is 2. The first-order chi connectivity index (χ1) is 7.95. The summed E-state index contributed by atoms with van der Waals surface area (Å²) in [5.74, 6) is -2.42. The first-order valence-corrected chi connectivity index (χ1v) is 5.74. The van der Waals surface area contributed by atoms with Crippen LogP contribution in [0.25, 0.3) is 6.08 Å². The van der Waals surface area contributed by atoms with Gasteiger partial charge in [0, 0.05) is 10.0 Å². The summed E-state index contributed by atoms with van der Waals surface area (Å²) in [5.41, 5.74) is -0.0174. The Balaban J connectivity index is 3.22. The maximum atomic E-state index is 11.3. The van der Waals surface area contributed by atoms with E-state index in [2.05, 4.69) is 0 Å². The molecule has 1 aromatic carbocycles. The van der Waals surface area contributed by atoms with Gasteiger partial charge in [-0.05, 0) is 23.8 Å². The van der Waals surface area contributed by atoms with Crippen molar-refractivity contribution in [1.29, 1.82) is 0 Å². The molecule has 6 heteroatoms. The summed E-state index contributed by atoms with van der Waals surface area (Å²) in [6.07, 6.45) is 1.17. The van der Waals surface area contributed by atoms with E-state index in [9.17, 15) is 9.59 Å². The van der Waals surface area contributed by atoms with E-state index in [-0.39, 0.29) is 5.02 Å². The molecule has 0 heterocycles. The van der Waals surface area contributed by atoms with Gasteiger partial charge in [-0.1, -0.05) is 29.3 Å². The normalized spacial score (nSPS) is 11.4. The number of hydrogen-bond donors (Lipinski definition) is 1. The molecule has 0 bridgehead atoms. The number of carbonyl (C=O) groups is 2. The average Bonchev–Trinajstić information content (AvgIpc) is 2.26. The third-order valence-corrected chi connectivity index (χ3v) is 2.72. The lowest BCUT2D eigenvalue weighted by Crippen LogP contribution is -2.13. The predicted molar refractivity (Wildman–Crippen MR) is 67.8 cm³/mol. The fourth-order valence-corrected chi connectivity index (χ4v) is 1.71. The molecule has 0 aliphatic carbocycles. The van der Waals surface area contributed by atoms with Crippen molar-refractivity contribution in [2.75, 3.05) is 5.88 Å². The molecule has 0 aliphatic rings. The van der Waals surface area contributed by atoms with E-state index in [1.165, 1.54) is 18.2 Å². The highest BCUT2D eigenvalue weighted by Crippen LogP contribution is 2.23. The Hall–Kier alpha value is -1.03. The van der Waals surface area contributed by atoms with Gasteiger partial charge in [0.25, 0.3) is 0 Å². The van der Waals surface area contributed by atoms with Crippen molar-refractivity contribution >= 4 is 52.6 Å². The number of carboxylic acid groups (broad SMARTS) is 1. The van der Waals surface area contributed by atoms with Gasteiger partial charge in [-0.15, -0.1) is 11.6 Å². The quantitative estimate of drug-likeness (QED) is 0.401. The molecule has 0 saturated heterocycles. The number of rotatable bonds is 4. The van der Waals surface area contributed by atoms with Crippen LogP contribution in [0.15, 0.2) is 23.8 Å². The summed E-state index contributed by atoms with van der Waals surface area (Å²) < 4.78 is 0. The number of halogens is 3. The minimum Gasteiger partial charge on any atom is -0.478 e. The first kappa shape index (κ1) is 14.0. The van der Waals surface area contributed by atoms with Crippen molar-refractivity contribution < 1.29 is 14.7 Å². The van der Waals surface area contributed by atoms with Gasteiger partial charge >= 0.3 is 5.97 Å². The Labute approximate surface area is 113 Å². The molecule has 90 valence electrons. The molecule has 0 unspecified atom stereocenters. The van der Waals surface area contributed by atoms with E-state index in [1.807, 2.05) is 0 Å². The van der Waals surface area contributed by atoms with Gasteiger partial charge in [0.2, 0.25) is 0 Å². The molecule has 17 heavy (non-hydrogen) atoms. The van der Waals surface area contributed by atoms with Crippen molar-refractivity contribution in [3.05, 3.63) is 39.4 Å². The largest absolute Gasteiger partial charge is 0.478 e. The molecule has 0 spiro atoms. The number of ketones is 1. The zero-order valence-corrected chi connectivity index (χ0v) is 10.7. The van der Waals surface area contributed by atoms with Crippen LogP contribution >= 0.6 is 34.8 Å². The van der Waals surface area contributed by atoms with Crippen LogP contribution in [-0.2, 0) is 9.59 Å². The topological polar surface area (TPSA) is 54.4 Å². The maximum Gasteiger partial charge on any atom is 0.339 e. The van der Waals surface area contributed by atoms with E-state index in [0.29, 0.717) is 10.6 Å². The molecule has 1 rings (SSSR count). The summed E-state index contributed by atoms with van der Waals surface area (Å²) in [5, 5.41) is 9.55. The fraction of sp³-hybridized carbons (Fsp3) is 0.0909. The van der Waals surface area contributed by atoms with Gasteiger partial charge in [-0.2, -0.15) is 0 Å². The van der Waals surface area contributed by atoms with Crippen molar-refractivity contribution in [3.63, 3.8) is 0 Å². The highest BCUT2D eigenvalue weighted by Gasteiger charge is 2.16. The molecule has 0 fully saturated rings. The molecule has 1 aromatic rings. The van der Waals surface area contributed by atoms with Crippen LogP contribution in [0.3, 0.4) is 0 Å². The van der Waals surface area contributed by atoms with Gasteiger partial charge in [0.15, 0.2) is 5.78 Å². The van der Waals surface area contributed by atoms with Crippen LogP contribution < -0.4 is 0 Å². The Kier molecular flexibility index (Phi) is 5.00. The summed E-state index contributed by atoms with van der Waals surface area (Å²) >= 11 is 16.9. The van der Waals surface area contributed by atoms with E-state index in [1.54, 1.807) is 6.07 Å². The van der Waals surface area contributed by atoms with Crippen LogP contribution in [0.2, 0.25) is 10.0 Å². The lowest BCUT2D eigenvalue weighted by Gasteiger charge is -2.02. The van der Waals surface area contributed by atoms with Gasteiger partial charge in [0.1, 0.15) is 5.57 Å². The van der Waals surface area contributed by atoms with Crippen LogP contribution in [0.5, 0.6) is 0 Å². The molecular weight excluding hydrogens is 286 g/mol. The minimum absolute atomic E-state index is 0.263. The highest BCUT2D eigenvalue weighted by atomic mass is 35.5. The molecule has 0 aromatic heterocycles. The molecular formula is C11H7Cl3O3. The van der Waals surface area contributed by atoms with E-state index in [4.69, 9.17) is 39.9 Å². The second-order valence-electron chi connectivity index (χ2n) is 3.09. The zero-order valence-electron chi connectivity index (χ0n) is 8.41. The minimum atomic E-state index is -1.35. The number of Topliss-reactive ketones (excluding diaryl/α,β-unsaturated/α-hetero) is 1. The van der Waals surface area contributed by atoms with Crippen molar-refractivity contribution in [1.82, 2.24) is 0 Å². The summed E-state index contributed by atoms with van der Waals surface area (Å²) in [4.78, 5) is 22.2. The van der Waals surface area contributed by atoms with Crippen molar-refractivity contribution in [2.24, 2.45) is 0 Å². The molecule has 0 atom stereocenters. The fourth-order valence-electron chi connectivity index (χ4n) is 1.11. The lowest BCUT2D eigenvalue weighted by atomic mass is 10.1. The Bertz CT molecular complexity index is 495. The molecule has 0 radical (unpaired) electrons. The number of aliphatic carboxylic acids is 1. The maximum absolute atomic E-state index is 11.3. The predicted octanol–water partition coefficient (Wildman–Crippen LogP) is 3.27. The monoisotopic (exact) mass is 292 g/mol.